The summed E-state index contributed by atoms with van der Waals surface area (Å²) in [6.45, 7) is 15.8. The zero-order valence-corrected chi connectivity index (χ0v) is 49.0. The maximum Gasteiger partial charge on any atom is 0.534 e. The molecule has 3 fully saturated rings. The number of nitrogens with zero attached hydrogens (tertiary/aromatic N) is 7. The fourth-order valence-electron chi connectivity index (χ4n) is 9.03. The lowest BCUT2D eigenvalue weighted by Gasteiger charge is -2.33. The molecule has 0 radical (unpaired) electrons. The molecular weight excluding hydrogens is 1140 g/mol. The highest BCUT2D eigenvalue weighted by Gasteiger charge is 2.52. The molecule has 86 heavy (non-hydrogen) atoms. The van der Waals surface area contributed by atoms with E-state index in [2.05, 4.69) is 50.0 Å². The van der Waals surface area contributed by atoms with E-state index in [1.165, 1.54) is 47.5 Å². The monoisotopic (exact) mass is 1210 g/mol. The lowest BCUT2D eigenvalue weighted by molar-refractivity contribution is -0.0500. The van der Waals surface area contributed by atoms with Crippen molar-refractivity contribution in [3.05, 3.63) is 146 Å². The van der Waals surface area contributed by atoms with Crippen LogP contribution >= 0.6 is 0 Å². The number of halogens is 5. The highest BCUT2D eigenvalue weighted by Crippen LogP contribution is 2.40. The Hall–Kier alpha value is -8.33. The number of alkyl halides is 3. The number of anilines is 4. The van der Waals surface area contributed by atoms with Gasteiger partial charge < -0.3 is 48.6 Å². The SMILES string of the molecule is CC(C)(C)OC(=O)N1CCC(Oc2cc3nc(Nc4cccc(F)c4)ncc3cc2OS(=O)(=O)C(F)(F)F)CC1.CC1(C)OB(c2cccnc2)OC1(C)C.Fc1cccc(Nc2ncc3cc(-c4cccnc4)c(OC4CCNCC4)cc3n2)c1. The van der Waals surface area contributed by atoms with Crippen LogP contribution in [0.25, 0.3) is 32.9 Å². The zero-order valence-electron chi connectivity index (χ0n) is 48.2. The first-order valence-electron chi connectivity index (χ1n) is 27.6. The molecule has 26 heteroatoms. The Bertz CT molecular complexity index is 3750. The number of piperidine rings is 2. The number of carbonyl (C=O) groups excluding carboxylic acids is 1. The quantitative estimate of drug-likeness (QED) is 0.0448. The van der Waals surface area contributed by atoms with E-state index in [0.29, 0.717) is 30.2 Å². The molecule has 8 aromatic rings. The van der Waals surface area contributed by atoms with Gasteiger partial charge in [-0.1, -0.05) is 24.3 Å². The van der Waals surface area contributed by atoms with Crippen LogP contribution in [0.15, 0.2) is 134 Å². The summed E-state index contributed by atoms with van der Waals surface area (Å²) in [4.78, 5) is 39.5. The number of rotatable bonds is 12. The normalized spacial score (nSPS) is 16.3. The maximum atomic E-state index is 13.5. The molecule has 0 spiro atoms. The molecule has 1 amide bonds. The van der Waals surface area contributed by atoms with E-state index in [-0.39, 0.29) is 65.9 Å². The molecule has 4 aromatic carbocycles. The number of nitrogens with one attached hydrogen (secondary N) is 3. The third-order valence-corrected chi connectivity index (χ3v) is 15.1. The molecule has 0 atom stereocenters. The first-order chi connectivity index (χ1) is 40.8. The largest absolute Gasteiger partial charge is 0.534 e. The molecule has 0 aliphatic carbocycles. The molecule has 0 bridgehead atoms. The first-order valence-corrected chi connectivity index (χ1v) is 29.0. The average Bonchev–Trinajstić information content (AvgIpc) is 2.33. The van der Waals surface area contributed by atoms with Crippen molar-refractivity contribution >= 4 is 73.9 Å². The summed E-state index contributed by atoms with van der Waals surface area (Å²) in [6.07, 6.45) is 11.7. The second kappa shape index (κ2) is 26.1. The molecule has 0 saturated carbocycles. The molecule has 0 unspecified atom stereocenters. The summed E-state index contributed by atoms with van der Waals surface area (Å²) in [6, 6.07) is 25.8. The standard InChI is InChI=1S/C25H26F4N4O6S.C24H22FN5O.C11H16BNO2/c1-24(2,3)38-23(34)33-9-7-18(8-10-33)37-20-13-19-15(11-21(20)39-40(35,36)25(27,28)29)14-30-22(32-19)31-17-6-4-5-16(26)12-17;25-18-4-1-5-19(12-18)29-24-28-15-17-11-21(16-3-2-8-27-14-16)23(13-22(17)30-24)31-20-6-9-26-10-7-20;1-10(2)11(3,4)15-12(14-10)9-6-5-7-13-8-9/h4-6,11-14,18H,7-10H2,1-3H3,(H,30,31,32);1-5,8,11-15,20,26H,6-7,9-10H2,(H,28,29,30);5-8H,1-4H3. The molecule has 11 rings (SSSR count). The van der Waals surface area contributed by atoms with Gasteiger partial charge in [0, 0.05) is 114 Å². The Morgan fingerprint density at radius 2 is 1.21 bits per heavy atom. The summed E-state index contributed by atoms with van der Waals surface area (Å²) < 4.78 is 124. The van der Waals surface area contributed by atoms with Crippen LogP contribution in [0, 0.1) is 11.6 Å². The predicted octanol–water partition coefficient (Wildman–Crippen LogP) is 11.6. The Balaban J connectivity index is 0.000000169. The van der Waals surface area contributed by atoms with Crippen molar-refractivity contribution in [2.24, 2.45) is 0 Å². The highest BCUT2D eigenvalue weighted by atomic mass is 32.2. The van der Waals surface area contributed by atoms with Gasteiger partial charge in [-0.15, -0.1) is 0 Å². The van der Waals surface area contributed by atoms with Gasteiger partial charge in [-0.25, -0.2) is 33.5 Å². The van der Waals surface area contributed by atoms with Gasteiger partial charge in [-0.05, 0) is 135 Å². The second-order valence-corrected chi connectivity index (χ2v) is 23.9. The van der Waals surface area contributed by atoms with Crippen molar-refractivity contribution in [1.29, 1.82) is 0 Å². The van der Waals surface area contributed by atoms with Crippen LogP contribution in [-0.2, 0) is 24.2 Å². The molecular formula is C60H64BF5N10O9S. The number of carbonyl (C=O) groups is 1. The van der Waals surface area contributed by atoms with Crippen LogP contribution < -0.4 is 35.1 Å². The van der Waals surface area contributed by atoms with Crippen LogP contribution in [0.5, 0.6) is 17.2 Å². The molecule has 3 aliphatic heterocycles. The maximum absolute atomic E-state index is 13.5. The van der Waals surface area contributed by atoms with Crippen LogP contribution in [0.4, 0.5) is 50.0 Å². The molecule has 19 nitrogen and oxygen atoms in total. The number of hydrogen-bond acceptors (Lipinski definition) is 18. The minimum Gasteiger partial charge on any atom is -0.490 e. The number of aromatic nitrogens is 6. The van der Waals surface area contributed by atoms with Gasteiger partial charge in [0.15, 0.2) is 11.5 Å². The summed E-state index contributed by atoms with van der Waals surface area (Å²) in [5.41, 5.74) is -2.12. The third kappa shape index (κ3) is 16.1. The van der Waals surface area contributed by atoms with Gasteiger partial charge in [0.05, 0.1) is 22.2 Å². The van der Waals surface area contributed by atoms with Crippen molar-refractivity contribution in [3.8, 4) is 28.4 Å². The zero-order chi connectivity index (χ0) is 61.4. The van der Waals surface area contributed by atoms with Gasteiger partial charge in [-0.3, -0.25) is 9.97 Å². The topological polar surface area (TPSA) is 223 Å². The molecule has 4 aromatic heterocycles. The van der Waals surface area contributed by atoms with E-state index in [0.717, 1.165) is 65.2 Å². The smallest absolute Gasteiger partial charge is 0.490 e. The number of fused-ring (bicyclic) bond motifs is 2. The Labute approximate surface area is 494 Å². The number of benzene rings is 4. The number of likely N-dealkylation sites (tertiary alicyclic amines) is 1. The molecule has 7 heterocycles. The summed E-state index contributed by atoms with van der Waals surface area (Å²) in [5.74, 6) is -0.578. The van der Waals surface area contributed by atoms with Crippen molar-refractivity contribution in [3.63, 3.8) is 0 Å². The number of amides is 1. The predicted molar refractivity (Wildman–Crippen MR) is 315 cm³/mol. The lowest BCUT2D eigenvalue weighted by Crippen LogP contribution is -2.44. The Kier molecular flexibility index (Phi) is 18.9. The van der Waals surface area contributed by atoms with Gasteiger partial charge in [0.2, 0.25) is 11.9 Å². The fraction of sp³-hybridized carbons (Fsp3) is 0.350. The Morgan fingerprint density at radius 1 is 0.674 bits per heavy atom. The molecule has 3 saturated heterocycles. The molecule has 3 aliphatic rings. The van der Waals surface area contributed by atoms with Crippen LogP contribution in [0.1, 0.15) is 74.1 Å². The summed E-state index contributed by atoms with van der Waals surface area (Å²) in [7, 11) is -6.31. The van der Waals surface area contributed by atoms with Crippen LogP contribution in [0.3, 0.4) is 0 Å². The first kappa shape index (κ1) is 62.2. The summed E-state index contributed by atoms with van der Waals surface area (Å²) in [5, 5.41) is 10.3. The minimum absolute atomic E-state index is 0.0475. The minimum atomic E-state index is -6.01. The Morgan fingerprint density at radius 3 is 1.73 bits per heavy atom. The van der Waals surface area contributed by atoms with E-state index < -0.39 is 45.0 Å². The fourth-order valence-corrected chi connectivity index (χ4v) is 9.49. The van der Waals surface area contributed by atoms with Crippen molar-refractivity contribution in [2.75, 3.05) is 36.8 Å². The van der Waals surface area contributed by atoms with Crippen LogP contribution in [-0.4, -0.2) is 117 Å². The number of ether oxygens (including phenoxy) is 3. The van der Waals surface area contributed by atoms with Gasteiger partial charge in [0.25, 0.3) is 0 Å². The highest BCUT2D eigenvalue weighted by molar-refractivity contribution is 7.88. The summed E-state index contributed by atoms with van der Waals surface area (Å²) >= 11 is 0. The van der Waals surface area contributed by atoms with Crippen molar-refractivity contribution in [2.45, 2.75) is 109 Å². The van der Waals surface area contributed by atoms with E-state index in [9.17, 15) is 35.2 Å². The van der Waals surface area contributed by atoms with E-state index in [1.807, 2.05) is 70.3 Å². The molecule has 3 N–H and O–H groups in total. The third-order valence-electron chi connectivity index (χ3n) is 14.1. The van der Waals surface area contributed by atoms with E-state index >= 15 is 0 Å². The van der Waals surface area contributed by atoms with Crippen LogP contribution in [0.2, 0.25) is 0 Å². The molecule has 452 valence electrons. The van der Waals surface area contributed by atoms with Crippen molar-refractivity contribution in [1.82, 2.24) is 40.1 Å². The van der Waals surface area contributed by atoms with E-state index in [1.54, 1.807) is 63.8 Å². The number of pyridine rings is 2. The second-order valence-electron chi connectivity index (χ2n) is 22.4. The van der Waals surface area contributed by atoms with Gasteiger partial charge in [-0.2, -0.15) is 21.6 Å². The number of hydrogen-bond donors (Lipinski definition) is 3. The van der Waals surface area contributed by atoms with E-state index in [4.69, 9.17) is 23.5 Å². The average molecular weight is 1210 g/mol. The van der Waals surface area contributed by atoms with Gasteiger partial charge in [0.1, 0.15) is 35.2 Å². The van der Waals surface area contributed by atoms with Gasteiger partial charge >= 0.3 is 28.8 Å². The van der Waals surface area contributed by atoms with Crippen molar-refractivity contribution < 1.29 is 62.9 Å². The lowest BCUT2D eigenvalue weighted by atomic mass is 9.80.